The highest BCUT2D eigenvalue weighted by molar-refractivity contribution is 8.08. The van der Waals surface area contributed by atoms with Crippen molar-refractivity contribution in [3.8, 4) is 0 Å². The zero-order valence-corrected chi connectivity index (χ0v) is 9.11. The molecule has 2 unspecified atom stereocenters. The third-order valence-corrected chi connectivity index (χ3v) is 5.96. The molecule has 60 valence electrons. The molecule has 1 heterocycles. The first kappa shape index (κ1) is 7.68. The van der Waals surface area contributed by atoms with Crippen LogP contribution in [-0.4, -0.2) is 18.6 Å². The molecule has 0 bridgehead atoms. The SMILES string of the molecule is C[Si](C)(C)C1=CC=CC2SC12. The van der Waals surface area contributed by atoms with Gasteiger partial charge in [-0.3, -0.25) is 0 Å². The lowest BCUT2D eigenvalue weighted by atomic mass is 10.2. The molecule has 0 nitrogen and oxygen atoms in total. The molecule has 0 spiro atoms. The molecule has 2 atom stereocenters. The van der Waals surface area contributed by atoms with Crippen LogP contribution in [0.1, 0.15) is 0 Å². The molecule has 0 amide bonds. The van der Waals surface area contributed by atoms with Crippen molar-refractivity contribution in [3.05, 3.63) is 23.4 Å². The van der Waals surface area contributed by atoms with Crippen molar-refractivity contribution in [3.63, 3.8) is 0 Å². The maximum absolute atomic E-state index is 2.44. The fourth-order valence-corrected chi connectivity index (χ4v) is 5.47. The second-order valence-electron chi connectivity index (χ2n) is 4.28. The van der Waals surface area contributed by atoms with Crippen LogP contribution in [0.3, 0.4) is 0 Å². The van der Waals surface area contributed by atoms with E-state index in [1.807, 2.05) is 0 Å². The Morgan fingerprint density at radius 3 is 2.64 bits per heavy atom. The van der Waals surface area contributed by atoms with Gasteiger partial charge in [-0.1, -0.05) is 43.1 Å². The van der Waals surface area contributed by atoms with E-state index in [9.17, 15) is 0 Å². The van der Waals surface area contributed by atoms with E-state index < -0.39 is 8.07 Å². The van der Waals surface area contributed by atoms with Gasteiger partial charge in [-0.2, -0.15) is 0 Å². The second-order valence-corrected chi connectivity index (χ2v) is 10.7. The van der Waals surface area contributed by atoms with Crippen LogP contribution in [0.2, 0.25) is 19.6 Å². The molecule has 0 radical (unpaired) electrons. The van der Waals surface area contributed by atoms with Gasteiger partial charge in [0.15, 0.2) is 0 Å². The number of rotatable bonds is 1. The Hall–Kier alpha value is 0.0469. The van der Waals surface area contributed by atoms with Crippen molar-refractivity contribution >= 4 is 19.8 Å². The predicted molar refractivity (Wildman–Crippen MR) is 55.7 cm³/mol. The van der Waals surface area contributed by atoms with Gasteiger partial charge >= 0.3 is 0 Å². The average Bonchev–Trinajstić information content (AvgIpc) is 2.60. The van der Waals surface area contributed by atoms with Gasteiger partial charge in [0.25, 0.3) is 0 Å². The van der Waals surface area contributed by atoms with Gasteiger partial charge in [-0.05, 0) is 0 Å². The molecule has 11 heavy (non-hydrogen) atoms. The average molecular weight is 182 g/mol. The van der Waals surface area contributed by atoms with Crippen LogP contribution in [0.15, 0.2) is 23.4 Å². The molecule has 2 heteroatoms. The van der Waals surface area contributed by atoms with Crippen LogP contribution in [0.25, 0.3) is 0 Å². The van der Waals surface area contributed by atoms with Crippen LogP contribution in [0.4, 0.5) is 0 Å². The lowest BCUT2D eigenvalue weighted by Crippen LogP contribution is -2.28. The van der Waals surface area contributed by atoms with E-state index >= 15 is 0 Å². The molecule has 2 aliphatic rings. The Bertz CT molecular complexity index is 234. The summed E-state index contributed by atoms with van der Waals surface area (Å²) in [5.74, 6) is 0. The van der Waals surface area contributed by atoms with E-state index in [1.165, 1.54) is 0 Å². The molecule has 1 aliphatic heterocycles. The van der Waals surface area contributed by atoms with E-state index in [1.54, 1.807) is 5.20 Å². The summed E-state index contributed by atoms with van der Waals surface area (Å²) in [7, 11) is -0.989. The minimum atomic E-state index is -0.989. The third kappa shape index (κ3) is 1.34. The van der Waals surface area contributed by atoms with Gasteiger partial charge < -0.3 is 0 Å². The summed E-state index contributed by atoms with van der Waals surface area (Å²) in [6.07, 6.45) is 6.93. The van der Waals surface area contributed by atoms with Crippen LogP contribution >= 0.6 is 11.8 Å². The number of fused-ring (bicyclic) bond motifs is 1. The van der Waals surface area contributed by atoms with Crippen molar-refractivity contribution in [2.45, 2.75) is 30.1 Å². The largest absolute Gasteiger partial charge is 0.144 e. The monoisotopic (exact) mass is 182 g/mol. The summed E-state index contributed by atoms with van der Waals surface area (Å²) in [6.45, 7) is 7.32. The third-order valence-electron chi connectivity index (χ3n) is 2.27. The van der Waals surface area contributed by atoms with E-state index in [-0.39, 0.29) is 0 Å². The molecule has 1 fully saturated rings. The number of hydrogen-bond acceptors (Lipinski definition) is 1. The van der Waals surface area contributed by atoms with Gasteiger partial charge in [0.1, 0.15) is 0 Å². The smallest absolute Gasteiger partial charge is 0.0739 e. The molecule has 0 saturated carbocycles. The maximum Gasteiger partial charge on any atom is 0.0739 e. The Morgan fingerprint density at radius 1 is 1.36 bits per heavy atom. The summed E-state index contributed by atoms with van der Waals surface area (Å²) in [5, 5.41) is 3.49. The molecule has 0 aromatic heterocycles. The van der Waals surface area contributed by atoms with Crippen molar-refractivity contribution in [1.82, 2.24) is 0 Å². The summed E-state index contributed by atoms with van der Waals surface area (Å²) < 4.78 is 0. The predicted octanol–water partition coefficient (Wildman–Crippen LogP) is 2.84. The lowest BCUT2D eigenvalue weighted by Gasteiger charge is -2.21. The van der Waals surface area contributed by atoms with E-state index in [4.69, 9.17) is 0 Å². The fraction of sp³-hybridized carbons (Fsp3) is 0.556. The van der Waals surface area contributed by atoms with Crippen LogP contribution < -0.4 is 0 Å². The summed E-state index contributed by atoms with van der Waals surface area (Å²) in [5.41, 5.74) is 0. The van der Waals surface area contributed by atoms with Crippen molar-refractivity contribution < 1.29 is 0 Å². The molecule has 2 rings (SSSR count). The standard InChI is InChI=1S/C9H14SSi/c1-11(2,3)8-6-4-5-7-9(8)10-7/h4-7,9H,1-3H3. The van der Waals surface area contributed by atoms with Crippen molar-refractivity contribution in [2.75, 3.05) is 0 Å². The molecule has 1 aliphatic carbocycles. The summed E-state index contributed by atoms with van der Waals surface area (Å²) in [4.78, 5) is 0. The second kappa shape index (κ2) is 2.27. The van der Waals surface area contributed by atoms with E-state index in [2.05, 4.69) is 49.6 Å². The highest BCUT2D eigenvalue weighted by Crippen LogP contribution is 2.51. The topological polar surface area (TPSA) is 0 Å². The fourth-order valence-electron chi connectivity index (χ4n) is 1.56. The zero-order valence-electron chi connectivity index (χ0n) is 7.29. The molecular formula is C9H14SSi. The van der Waals surface area contributed by atoms with E-state index in [0.717, 1.165) is 10.5 Å². The minimum Gasteiger partial charge on any atom is -0.144 e. The Balaban J connectivity index is 2.26. The van der Waals surface area contributed by atoms with Crippen LogP contribution in [0, 0.1) is 0 Å². The Kier molecular flexibility index (Phi) is 1.58. The molecule has 1 saturated heterocycles. The number of hydrogen-bond donors (Lipinski definition) is 0. The quantitative estimate of drug-likeness (QED) is 0.444. The van der Waals surface area contributed by atoms with Crippen molar-refractivity contribution in [1.29, 1.82) is 0 Å². The lowest BCUT2D eigenvalue weighted by molar-refractivity contribution is 1.17. The summed E-state index contributed by atoms with van der Waals surface area (Å²) in [6, 6.07) is 0. The molecule has 0 aromatic carbocycles. The van der Waals surface area contributed by atoms with Crippen molar-refractivity contribution in [2.24, 2.45) is 0 Å². The van der Waals surface area contributed by atoms with Gasteiger partial charge in [0.05, 0.1) is 8.07 Å². The molecular weight excluding hydrogens is 168 g/mol. The maximum atomic E-state index is 2.44. The van der Waals surface area contributed by atoms with E-state index in [0.29, 0.717) is 0 Å². The number of thioether (sulfide) groups is 1. The Morgan fingerprint density at radius 2 is 2.09 bits per heavy atom. The number of allylic oxidation sites excluding steroid dienone is 2. The highest BCUT2D eigenvalue weighted by Gasteiger charge is 2.44. The van der Waals surface area contributed by atoms with Gasteiger partial charge in [-0.15, -0.1) is 11.8 Å². The minimum absolute atomic E-state index is 0.849. The molecule has 0 aromatic rings. The zero-order chi connectivity index (χ0) is 8.06. The highest BCUT2D eigenvalue weighted by atomic mass is 32.2. The first-order valence-electron chi connectivity index (χ1n) is 4.13. The van der Waals surface area contributed by atoms with Crippen LogP contribution in [0.5, 0.6) is 0 Å². The molecule has 0 N–H and O–H groups in total. The summed E-state index contributed by atoms with van der Waals surface area (Å²) >= 11 is 2.11. The first-order valence-corrected chi connectivity index (χ1v) is 8.57. The normalized spacial score (nSPS) is 34.6. The first-order chi connectivity index (χ1) is 5.09. The van der Waals surface area contributed by atoms with Gasteiger partial charge in [0, 0.05) is 10.5 Å². The van der Waals surface area contributed by atoms with Gasteiger partial charge in [-0.25, -0.2) is 0 Å². The van der Waals surface area contributed by atoms with Gasteiger partial charge in [0.2, 0.25) is 0 Å². The Labute approximate surface area is 73.8 Å². The van der Waals surface area contributed by atoms with Crippen LogP contribution in [-0.2, 0) is 0 Å².